The fraction of sp³-hybridized carbons (Fsp3) is 0.917. The second-order valence-corrected chi connectivity index (χ2v) is 4.79. The second-order valence-electron chi connectivity index (χ2n) is 4.79. The van der Waals surface area contributed by atoms with Crippen molar-refractivity contribution in [1.29, 1.82) is 0 Å². The second kappa shape index (κ2) is 8.53. The van der Waals surface area contributed by atoms with Gasteiger partial charge < -0.3 is 15.8 Å². The van der Waals surface area contributed by atoms with E-state index in [-0.39, 0.29) is 18.1 Å². The highest BCUT2D eigenvalue weighted by molar-refractivity contribution is 5.76. The molecule has 4 nitrogen and oxygen atoms in total. The number of carbonyl (C=O) groups is 1. The van der Waals surface area contributed by atoms with Gasteiger partial charge in [-0.05, 0) is 33.1 Å². The Balaban J connectivity index is 3.51. The Morgan fingerprint density at radius 3 is 2.44 bits per heavy atom. The first-order valence-corrected chi connectivity index (χ1v) is 6.05. The molecule has 0 saturated heterocycles. The molecule has 0 heterocycles. The van der Waals surface area contributed by atoms with Gasteiger partial charge in [0.2, 0.25) is 5.91 Å². The van der Waals surface area contributed by atoms with Crippen LogP contribution < -0.4 is 11.1 Å². The van der Waals surface area contributed by atoms with Crippen molar-refractivity contribution in [3.63, 3.8) is 0 Å². The maximum atomic E-state index is 11.5. The quantitative estimate of drug-likeness (QED) is 0.618. The summed E-state index contributed by atoms with van der Waals surface area (Å²) in [6.07, 6.45) is 1.65. The van der Waals surface area contributed by atoms with Crippen LogP contribution in [0.15, 0.2) is 0 Å². The van der Waals surface area contributed by atoms with Crippen LogP contribution in [-0.4, -0.2) is 31.2 Å². The van der Waals surface area contributed by atoms with Crippen molar-refractivity contribution in [3.05, 3.63) is 0 Å². The number of nitrogens with two attached hydrogens (primary N) is 1. The van der Waals surface area contributed by atoms with Gasteiger partial charge in [0, 0.05) is 19.0 Å². The smallest absolute Gasteiger partial charge is 0.220 e. The Hall–Kier alpha value is -0.610. The fourth-order valence-corrected chi connectivity index (χ4v) is 1.59. The lowest BCUT2D eigenvalue weighted by Crippen LogP contribution is -2.30. The van der Waals surface area contributed by atoms with Crippen LogP contribution in [0.4, 0.5) is 0 Å². The molecule has 0 aromatic rings. The minimum absolute atomic E-state index is 0.0838. The first-order valence-electron chi connectivity index (χ1n) is 6.05. The molecule has 3 N–H and O–H groups in total. The minimum Gasteiger partial charge on any atom is -0.377 e. The molecule has 4 heteroatoms. The van der Waals surface area contributed by atoms with Gasteiger partial charge >= 0.3 is 0 Å². The highest BCUT2D eigenvalue weighted by atomic mass is 16.5. The zero-order chi connectivity index (χ0) is 12.6. The number of ether oxygens (including phenoxy) is 1. The largest absolute Gasteiger partial charge is 0.377 e. The topological polar surface area (TPSA) is 64.4 Å². The molecule has 0 bridgehead atoms. The summed E-state index contributed by atoms with van der Waals surface area (Å²) in [5.74, 6) is 0.423. The number of hydrogen-bond acceptors (Lipinski definition) is 3. The average molecular weight is 230 g/mol. The molecule has 96 valence electrons. The molecule has 1 amide bonds. The van der Waals surface area contributed by atoms with Crippen LogP contribution in [-0.2, 0) is 9.53 Å². The van der Waals surface area contributed by atoms with Crippen LogP contribution in [0, 0.1) is 5.92 Å². The van der Waals surface area contributed by atoms with Gasteiger partial charge in [-0.25, -0.2) is 0 Å². The first-order chi connectivity index (χ1) is 7.41. The number of rotatable bonds is 8. The van der Waals surface area contributed by atoms with E-state index in [1.807, 2.05) is 27.7 Å². The Kier molecular flexibility index (Phi) is 8.21. The van der Waals surface area contributed by atoms with Gasteiger partial charge in [-0.2, -0.15) is 0 Å². The van der Waals surface area contributed by atoms with Gasteiger partial charge in [0.05, 0.1) is 12.7 Å². The molecule has 0 aromatic heterocycles. The fourth-order valence-electron chi connectivity index (χ4n) is 1.59. The molecule has 2 unspecified atom stereocenters. The molecule has 0 aromatic carbocycles. The van der Waals surface area contributed by atoms with Crippen LogP contribution in [0.2, 0.25) is 0 Å². The van der Waals surface area contributed by atoms with Crippen LogP contribution in [0.1, 0.15) is 40.5 Å². The predicted molar refractivity (Wildman–Crippen MR) is 66.1 cm³/mol. The lowest BCUT2D eigenvalue weighted by Gasteiger charge is -2.14. The van der Waals surface area contributed by atoms with Crippen molar-refractivity contribution in [2.75, 3.05) is 13.2 Å². The molecule has 0 fully saturated rings. The maximum Gasteiger partial charge on any atom is 0.220 e. The van der Waals surface area contributed by atoms with Crippen LogP contribution >= 0.6 is 0 Å². The number of nitrogens with one attached hydrogen (secondary N) is 1. The third kappa shape index (κ3) is 9.93. The Morgan fingerprint density at radius 1 is 1.31 bits per heavy atom. The highest BCUT2D eigenvalue weighted by Crippen LogP contribution is 2.08. The molecule has 0 radical (unpaired) electrons. The van der Waals surface area contributed by atoms with Crippen LogP contribution in [0.5, 0.6) is 0 Å². The van der Waals surface area contributed by atoms with Crippen molar-refractivity contribution < 1.29 is 9.53 Å². The van der Waals surface area contributed by atoms with Crippen molar-refractivity contribution >= 4 is 5.91 Å². The summed E-state index contributed by atoms with van der Waals surface area (Å²) in [7, 11) is 0. The molecule has 2 atom stereocenters. The summed E-state index contributed by atoms with van der Waals surface area (Å²) < 4.78 is 5.33. The van der Waals surface area contributed by atoms with Crippen molar-refractivity contribution in [3.8, 4) is 0 Å². The van der Waals surface area contributed by atoms with Gasteiger partial charge in [-0.1, -0.05) is 6.92 Å². The summed E-state index contributed by atoms with van der Waals surface area (Å²) in [4.78, 5) is 11.5. The Labute approximate surface area is 98.9 Å². The Morgan fingerprint density at radius 2 is 1.94 bits per heavy atom. The minimum atomic E-state index is 0.0838. The number of carbonyl (C=O) groups excluding carboxylic acids is 1. The van der Waals surface area contributed by atoms with Gasteiger partial charge in [0.15, 0.2) is 0 Å². The van der Waals surface area contributed by atoms with Gasteiger partial charge in [-0.15, -0.1) is 0 Å². The van der Waals surface area contributed by atoms with Crippen LogP contribution in [0.3, 0.4) is 0 Å². The van der Waals surface area contributed by atoms with E-state index < -0.39 is 0 Å². The molecular weight excluding hydrogens is 204 g/mol. The number of hydrogen-bond donors (Lipinski definition) is 2. The lowest BCUT2D eigenvalue weighted by atomic mass is 9.99. The first kappa shape index (κ1) is 15.4. The predicted octanol–water partition coefficient (Wildman–Crippen LogP) is 1.29. The number of amides is 1. The van der Waals surface area contributed by atoms with E-state index in [4.69, 9.17) is 10.5 Å². The van der Waals surface area contributed by atoms with E-state index in [9.17, 15) is 4.79 Å². The van der Waals surface area contributed by atoms with E-state index in [0.717, 1.165) is 6.42 Å². The molecule has 0 aliphatic rings. The van der Waals surface area contributed by atoms with Crippen LogP contribution in [0.25, 0.3) is 0 Å². The molecule has 0 saturated carbocycles. The monoisotopic (exact) mass is 230 g/mol. The summed E-state index contributed by atoms with van der Waals surface area (Å²) in [5, 5.41) is 2.84. The van der Waals surface area contributed by atoms with E-state index >= 15 is 0 Å². The molecular formula is C12H26N2O2. The van der Waals surface area contributed by atoms with E-state index in [1.165, 1.54) is 0 Å². The highest BCUT2D eigenvalue weighted by Gasteiger charge is 2.10. The molecule has 16 heavy (non-hydrogen) atoms. The summed E-state index contributed by atoms with van der Waals surface area (Å²) >= 11 is 0. The van der Waals surface area contributed by atoms with Crippen molar-refractivity contribution in [2.24, 2.45) is 11.7 Å². The molecule has 0 spiro atoms. The normalized spacial score (nSPS) is 14.9. The third-order valence-corrected chi connectivity index (χ3v) is 2.18. The summed E-state index contributed by atoms with van der Waals surface area (Å²) in [5.41, 5.74) is 5.67. The van der Waals surface area contributed by atoms with E-state index in [1.54, 1.807) is 0 Å². The van der Waals surface area contributed by atoms with Gasteiger partial charge in [-0.3, -0.25) is 4.79 Å². The van der Waals surface area contributed by atoms with Gasteiger partial charge in [0.25, 0.3) is 0 Å². The summed E-state index contributed by atoms with van der Waals surface area (Å²) in [6, 6.07) is 0.159. The average Bonchev–Trinajstić information content (AvgIpc) is 2.10. The molecule has 0 rings (SSSR count). The van der Waals surface area contributed by atoms with Crippen molar-refractivity contribution in [2.45, 2.75) is 52.7 Å². The molecule has 0 aliphatic carbocycles. The standard InChI is InChI=1S/C12H26N2O2/c1-9(2)16-6-5-14-12(15)8-10(3)7-11(4)13/h9-11H,5-8,13H2,1-4H3,(H,14,15). The summed E-state index contributed by atoms with van der Waals surface area (Å²) in [6.45, 7) is 9.13. The lowest BCUT2D eigenvalue weighted by molar-refractivity contribution is -0.122. The van der Waals surface area contributed by atoms with E-state index in [0.29, 0.717) is 25.5 Å². The third-order valence-electron chi connectivity index (χ3n) is 2.18. The van der Waals surface area contributed by atoms with Gasteiger partial charge in [0.1, 0.15) is 0 Å². The zero-order valence-electron chi connectivity index (χ0n) is 11.0. The molecule has 0 aliphatic heterocycles. The Bertz CT molecular complexity index is 193. The zero-order valence-corrected chi connectivity index (χ0v) is 11.0. The maximum absolute atomic E-state index is 11.5. The SMILES string of the molecule is CC(N)CC(C)CC(=O)NCCOC(C)C. The van der Waals surface area contributed by atoms with E-state index in [2.05, 4.69) is 5.32 Å². The van der Waals surface area contributed by atoms with Crippen molar-refractivity contribution in [1.82, 2.24) is 5.32 Å².